The second kappa shape index (κ2) is 7.11. The summed E-state index contributed by atoms with van der Waals surface area (Å²) in [5.74, 6) is 0.0990. The number of rotatable bonds is 5. The molecule has 0 aliphatic heterocycles. The van der Waals surface area contributed by atoms with Crippen LogP contribution in [0.2, 0.25) is 0 Å². The summed E-state index contributed by atoms with van der Waals surface area (Å²) >= 11 is 0. The van der Waals surface area contributed by atoms with Crippen molar-refractivity contribution in [3.8, 4) is 5.75 Å². The molecule has 5 heteroatoms. The van der Waals surface area contributed by atoms with E-state index < -0.39 is 17.4 Å². The fraction of sp³-hybridized carbons (Fsp3) is 0.500. The summed E-state index contributed by atoms with van der Waals surface area (Å²) < 4.78 is 9.86. The van der Waals surface area contributed by atoms with Gasteiger partial charge in [0.15, 0.2) is 0 Å². The molecule has 0 unspecified atom stereocenters. The first kappa shape index (κ1) is 17.0. The summed E-state index contributed by atoms with van der Waals surface area (Å²) in [5, 5.41) is 2.74. The average Bonchev–Trinajstić information content (AvgIpc) is 2.45. The third kappa shape index (κ3) is 5.10. The van der Waals surface area contributed by atoms with Crippen LogP contribution < -0.4 is 10.1 Å². The summed E-state index contributed by atoms with van der Waals surface area (Å²) in [6, 6.07) is 6.65. The van der Waals surface area contributed by atoms with Crippen LogP contribution in [0.5, 0.6) is 5.75 Å². The second-order valence-corrected chi connectivity index (χ2v) is 5.85. The smallest absolute Gasteiger partial charge is 0.328 e. The Morgan fingerprint density at radius 3 is 2.14 bits per heavy atom. The molecule has 1 aromatic rings. The topological polar surface area (TPSA) is 64.6 Å². The number of carbonyl (C=O) groups excluding carboxylic acids is 2. The number of ether oxygens (including phenoxy) is 2. The van der Waals surface area contributed by atoms with Gasteiger partial charge in [-0.2, -0.15) is 0 Å². The first-order chi connectivity index (χ1) is 9.77. The Morgan fingerprint density at radius 2 is 1.71 bits per heavy atom. The highest BCUT2D eigenvalue weighted by Crippen LogP contribution is 2.16. The minimum absolute atomic E-state index is 0.189. The number of hydrogen-bond acceptors (Lipinski definition) is 4. The number of methoxy groups -OCH3 is 2. The largest absolute Gasteiger partial charge is 0.497 e. The number of benzene rings is 1. The molecule has 0 aliphatic carbocycles. The molecule has 0 fully saturated rings. The van der Waals surface area contributed by atoms with E-state index in [1.165, 1.54) is 7.11 Å². The van der Waals surface area contributed by atoms with Crippen molar-refractivity contribution >= 4 is 11.9 Å². The van der Waals surface area contributed by atoms with Gasteiger partial charge in [-0.3, -0.25) is 4.79 Å². The molecule has 0 spiro atoms. The fourth-order valence-electron chi connectivity index (χ4n) is 1.71. The third-order valence-electron chi connectivity index (χ3n) is 3.07. The van der Waals surface area contributed by atoms with E-state index in [1.807, 2.05) is 24.3 Å². The molecule has 5 nitrogen and oxygen atoms in total. The van der Waals surface area contributed by atoms with Crippen molar-refractivity contribution in [1.29, 1.82) is 0 Å². The molecule has 0 aliphatic rings. The summed E-state index contributed by atoms with van der Waals surface area (Å²) in [4.78, 5) is 23.9. The van der Waals surface area contributed by atoms with Gasteiger partial charge in [-0.05, 0) is 17.7 Å². The fourth-order valence-corrected chi connectivity index (χ4v) is 1.71. The standard InChI is InChI=1S/C16H23NO4/c1-16(2,3)15(19)17-13(14(18)21-5)10-11-6-8-12(20-4)9-7-11/h6-9,13H,10H2,1-5H3,(H,17,19)/t13-/m1/s1. The monoisotopic (exact) mass is 293 g/mol. The molecule has 1 N–H and O–H groups in total. The van der Waals surface area contributed by atoms with Crippen LogP contribution in [0, 0.1) is 5.41 Å². The van der Waals surface area contributed by atoms with Gasteiger partial charge in [-0.15, -0.1) is 0 Å². The van der Waals surface area contributed by atoms with Crippen LogP contribution >= 0.6 is 0 Å². The first-order valence-corrected chi connectivity index (χ1v) is 6.79. The van der Waals surface area contributed by atoms with Crippen LogP contribution in [-0.4, -0.2) is 32.1 Å². The predicted octanol–water partition coefficient (Wildman–Crippen LogP) is 1.94. The summed E-state index contributed by atoms with van der Waals surface area (Å²) in [6.07, 6.45) is 0.373. The third-order valence-corrected chi connectivity index (χ3v) is 3.07. The van der Waals surface area contributed by atoms with Crippen molar-refractivity contribution in [3.05, 3.63) is 29.8 Å². The van der Waals surface area contributed by atoms with Crippen molar-refractivity contribution in [1.82, 2.24) is 5.32 Å². The van der Waals surface area contributed by atoms with Crippen LogP contribution in [0.25, 0.3) is 0 Å². The lowest BCUT2D eigenvalue weighted by atomic mass is 9.94. The predicted molar refractivity (Wildman–Crippen MR) is 80.1 cm³/mol. The normalized spacial score (nSPS) is 12.4. The maximum absolute atomic E-state index is 12.0. The maximum atomic E-state index is 12.0. The average molecular weight is 293 g/mol. The molecule has 0 saturated heterocycles. The molecular weight excluding hydrogens is 270 g/mol. The Morgan fingerprint density at radius 1 is 1.14 bits per heavy atom. The molecule has 0 aromatic heterocycles. The van der Waals surface area contributed by atoms with Gasteiger partial charge >= 0.3 is 5.97 Å². The van der Waals surface area contributed by atoms with Gasteiger partial charge in [0.1, 0.15) is 11.8 Å². The molecule has 1 aromatic carbocycles. The molecule has 1 atom stereocenters. The number of carbonyl (C=O) groups is 2. The molecular formula is C16H23NO4. The Balaban J connectivity index is 2.83. The lowest BCUT2D eigenvalue weighted by molar-refractivity contribution is -0.146. The SMILES string of the molecule is COC(=O)[C@@H](Cc1ccc(OC)cc1)NC(=O)C(C)(C)C. The molecule has 116 valence electrons. The zero-order valence-electron chi connectivity index (χ0n) is 13.2. The van der Waals surface area contributed by atoms with Gasteiger partial charge in [-0.25, -0.2) is 4.79 Å². The highest BCUT2D eigenvalue weighted by molar-refractivity contribution is 5.87. The van der Waals surface area contributed by atoms with Gasteiger partial charge in [0.25, 0.3) is 0 Å². The van der Waals surface area contributed by atoms with Gasteiger partial charge in [0.2, 0.25) is 5.91 Å². The van der Waals surface area contributed by atoms with Gasteiger partial charge in [-0.1, -0.05) is 32.9 Å². The van der Waals surface area contributed by atoms with Gasteiger partial charge < -0.3 is 14.8 Å². The maximum Gasteiger partial charge on any atom is 0.328 e. The van der Waals surface area contributed by atoms with E-state index >= 15 is 0 Å². The van der Waals surface area contributed by atoms with Crippen molar-refractivity contribution < 1.29 is 19.1 Å². The molecule has 0 heterocycles. The number of esters is 1. The number of amides is 1. The van der Waals surface area contributed by atoms with E-state index in [9.17, 15) is 9.59 Å². The minimum atomic E-state index is -0.699. The Bertz CT molecular complexity index is 488. The summed E-state index contributed by atoms with van der Waals surface area (Å²) in [5.41, 5.74) is 0.354. The number of nitrogens with one attached hydrogen (secondary N) is 1. The molecule has 0 bridgehead atoms. The van der Waals surface area contributed by atoms with E-state index in [2.05, 4.69) is 5.32 Å². The van der Waals surface area contributed by atoms with Crippen molar-refractivity contribution in [2.45, 2.75) is 33.2 Å². The first-order valence-electron chi connectivity index (χ1n) is 6.79. The molecule has 21 heavy (non-hydrogen) atoms. The van der Waals surface area contributed by atoms with Crippen LogP contribution in [0.4, 0.5) is 0 Å². The van der Waals surface area contributed by atoms with E-state index in [4.69, 9.17) is 9.47 Å². The molecule has 1 amide bonds. The van der Waals surface area contributed by atoms with Crippen LogP contribution in [0.3, 0.4) is 0 Å². The van der Waals surface area contributed by atoms with E-state index in [0.717, 1.165) is 11.3 Å². The van der Waals surface area contributed by atoms with Crippen molar-refractivity contribution in [2.24, 2.45) is 5.41 Å². The zero-order valence-corrected chi connectivity index (χ0v) is 13.2. The van der Waals surface area contributed by atoms with Gasteiger partial charge in [0, 0.05) is 11.8 Å². The lowest BCUT2D eigenvalue weighted by Crippen LogP contribution is -2.47. The number of hydrogen-bond donors (Lipinski definition) is 1. The Kier molecular flexibility index (Phi) is 5.76. The Labute approximate surface area is 125 Å². The lowest BCUT2D eigenvalue weighted by Gasteiger charge is -2.23. The van der Waals surface area contributed by atoms with Crippen molar-refractivity contribution in [3.63, 3.8) is 0 Å². The van der Waals surface area contributed by atoms with Crippen LogP contribution in [-0.2, 0) is 20.7 Å². The molecule has 1 rings (SSSR count). The van der Waals surface area contributed by atoms with Gasteiger partial charge in [0.05, 0.1) is 14.2 Å². The quantitative estimate of drug-likeness (QED) is 0.843. The molecule has 0 radical (unpaired) electrons. The van der Waals surface area contributed by atoms with E-state index in [1.54, 1.807) is 27.9 Å². The highest BCUT2D eigenvalue weighted by Gasteiger charge is 2.28. The van der Waals surface area contributed by atoms with E-state index in [-0.39, 0.29) is 5.91 Å². The molecule has 0 saturated carbocycles. The van der Waals surface area contributed by atoms with Crippen molar-refractivity contribution in [2.75, 3.05) is 14.2 Å². The summed E-state index contributed by atoms with van der Waals surface area (Å²) in [6.45, 7) is 5.39. The Hall–Kier alpha value is -2.04. The highest BCUT2D eigenvalue weighted by atomic mass is 16.5. The van der Waals surface area contributed by atoms with Crippen LogP contribution in [0.1, 0.15) is 26.3 Å². The summed E-state index contributed by atoms with van der Waals surface area (Å²) in [7, 11) is 2.91. The minimum Gasteiger partial charge on any atom is -0.497 e. The van der Waals surface area contributed by atoms with Crippen LogP contribution in [0.15, 0.2) is 24.3 Å². The second-order valence-electron chi connectivity index (χ2n) is 5.85. The van der Waals surface area contributed by atoms with E-state index in [0.29, 0.717) is 6.42 Å². The zero-order chi connectivity index (χ0) is 16.0.